The summed E-state index contributed by atoms with van der Waals surface area (Å²) in [6.07, 6.45) is -0.762. The van der Waals surface area contributed by atoms with Gasteiger partial charge in [0.2, 0.25) is 0 Å². The van der Waals surface area contributed by atoms with Crippen LogP contribution in [0.3, 0.4) is 0 Å². The number of hydrogen-bond acceptors (Lipinski definition) is 5. The van der Waals surface area contributed by atoms with Crippen LogP contribution in [0.1, 0.15) is 12.5 Å². The van der Waals surface area contributed by atoms with Crippen LogP contribution in [0.15, 0.2) is 18.2 Å². The number of para-hydroxylation sites is 1. The van der Waals surface area contributed by atoms with E-state index in [1.54, 1.807) is 25.1 Å². The fourth-order valence-corrected chi connectivity index (χ4v) is 1.37. The van der Waals surface area contributed by atoms with E-state index in [-0.39, 0.29) is 6.61 Å². The molecule has 0 heterocycles. The van der Waals surface area contributed by atoms with Gasteiger partial charge in [0, 0.05) is 5.56 Å². The summed E-state index contributed by atoms with van der Waals surface area (Å²) in [6, 6.07) is 5.13. The number of aliphatic hydroxyl groups excluding tert-OH is 1. The van der Waals surface area contributed by atoms with E-state index in [9.17, 15) is 9.90 Å². The summed E-state index contributed by atoms with van der Waals surface area (Å²) in [6.45, 7) is 1.37. The van der Waals surface area contributed by atoms with Crippen molar-refractivity contribution in [2.24, 2.45) is 0 Å². The molecule has 1 N–H and O–H groups in total. The molecule has 17 heavy (non-hydrogen) atoms. The molecule has 0 aromatic heterocycles. The van der Waals surface area contributed by atoms with E-state index in [2.05, 4.69) is 4.74 Å². The quantitative estimate of drug-likeness (QED) is 0.781. The van der Waals surface area contributed by atoms with E-state index < -0.39 is 12.1 Å². The Bertz CT molecular complexity index is 366. The minimum absolute atomic E-state index is 0.194. The molecule has 0 saturated heterocycles. The number of methoxy groups -OCH3 is 2. The van der Waals surface area contributed by atoms with E-state index in [0.29, 0.717) is 17.1 Å². The normalized spacial score (nSPS) is 11.8. The van der Waals surface area contributed by atoms with E-state index in [4.69, 9.17) is 9.47 Å². The summed E-state index contributed by atoms with van der Waals surface area (Å²) in [5, 5.41) is 9.20. The highest BCUT2D eigenvalue weighted by atomic mass is 16.6. The van der Waals surface area contributed by atoms with Gasteiger partial charge in [-0.05, 0) is 13.0 Å². The topological polar surface area (TPSA) is 65.0 Å². The van der Waals surface area contributed by atoms with Gasteiger partial charge >= 0.3 is 5.97 Å². The number of carbonyl (C=O) groups is 1. The highest BCUT2D eigenvalue weighted by Crippen LogP contribution is 2.32. The third kappa shape index (κ3) is 3.10. The number of rotatable bonds is 5. The molecule has 0 amide bonds. The predicted octanol–water partition coefficient (Wildman–Crippen LogP) is 1.13. The third-order valence-electron chi connectivity index (χ3n) is 2.28. The molecule has 1 aromatic carbocycles. The molecule has 1 atom stereocenters. The number of benzene rings is 1. The first-order valence-corrected chi connectivity index (χ1v) is 5.15. The van der Waals surface area contributed by atoms with Gasteiger partial charge in [-0.3, -0.25) is 0 Å². The Labute approximate surface area is 99.9 Å². The van der Waals surface area contributed by atoms with Crippen LogP contribution >= 0.6 is 0 Å². The molecular formula is C12H16O5. The first-order valence-electron chi connectivity index (χ1n) is 5.15. The molecule has 1 unspecified atom stereocenters. The Balaban J connectivity index is 2.99. The molecule has 0 bridgehead atoms. The van der Waals surface area contributed by atoms with Gasteiger partial charge in [-0.2, -0.15) is 0 Å². The Kier molecular flexibility index (Phi) is 4.78. The van der Waals surface area contributed by atoms with Gasteiger partial charge in [-0.15, -0.1) is 0 Å². The summed E-state index contributed by atoms with van der Waals surface area (Å²) in [7, 11) is 2.78. The summed E-state index contributed by atoms with van der Waals surface area (Å²) in [4.78, 5) is 11.3. The maximum atomic E-state index is 11.3. The molecule has 0 aliphatic rings. The van der Waals surface area contributed by atoms with Crippen molar-refractivity contribution in [3.63, 3.8) is 0 Å². The van der Waals surface area contributed by atoms with Crippen molar-refractivity contribution < 1.29 is 24.1 Å². The molecule has 0 aliphatic carbocycles. The van der Waals surface area contributed by atoms with Crippen molar-refractivity contribution in [3.8, 4) is 11.5 Å². The number of aliphatic hydroxyl groups is 1. The summed E-state index contributed by atoms with van der Waals surface area (Å²) in [5.74, 6) is 0.336. The fraction of sp³-hybridized carbons (Fsp3) is 0.417. The lowest BCUT2D eigenvalue weighted by Gasteiger charge is -2.17. The van der Waals surface area contributed by atoms with Gasteiger partial charge in [-0.25, -0.2) is 4.79 Å². The molecule has 0 spiro atoms. The Morgan fingerprint density at radius 3 is 2.65 bits per heavy atom. The number of hydrogen-bond donors (Lipinski definition) is 1. The van der Waals surface area contributed by atoms with Crippen LogP contribution in [-0.4, -0.2) is 31.4 Å². The van der Waals surface area contributed by atoms with E-state index >= 15 is 0 Å². The summed E-state index contributed by atoms with van der Waals surface area (Å²) in [5.41, 5.74) is 0.556. The standard InChI is InChI=1S/C12H16O5/c1-8(12(14)16-3)17-11-9(7-13)5-4-6-10(11)15-2/h4-6,8,13H,7H2,1-3H3. The Morgan fingerprint density at radius 2 is 2.12 bits per heavy atom. The molecule has 0 fully saturated rings. The molecule has 94 valence electrons. The van der Waals surface area contributed by atoms with Crippen LogP contribution in [0, 0.1) is 0 Å². The maximum Gasteiger partial charge on any atom is 0.346 e. The number of ether oxygens (including phenoxy) is 3. The zero-order chi connectivity index (χ0) is 12.8. The van der Waals surface area contributed by atoms with Crippen molar-refractivity contribution in [1.29, 1.82) is 0 Å². The van der Waals surface area contributed by atoms with Crippen LogP contribution in [0.2, 0.25) is 0 Å². The monoisotopic (exact) mass is 240 g/mol. The van der Waals surface area contributed by atoms with Gasteiger partial charge in [0.05, 0.1) is 20.8 Å². The van der Waals surface area contributed by atoms with Crippen LogP contribution < -0.4 is 9.47 Å². The molecule has 1 rings (SSSR count). The minimum Gasteiger partial charge on any atom is -0.493 e. The van der Waals surface area contributed by atoms with Crippen molar-refractivity contribution in [1.82, 2.24) is 0 Å². The van der Waals surface area contributed by atoms with Crippen molar-refractivity contribution in [3.05, 3.63) is 23.8 Å². The lowest BCUT2D eigenvalue weighted by Crippen LogP contribution is -2.25. The molecule has 5 nitrogen and oxygen atoms in total. The zero-order valence-electron chi connectivity index (χ0n) is 10.1. The molecule has 0 saturated carbocycles. The van der Waals surface area contributed by atoms with Crippen LogP contribution in [-0.2, 0) is 16.1 Å². The average molecular weight is 240 g/mol. The second-order valence-corrected chi connectivity index (χ2v) is 3.39. The molecule has 0 radical (unpaired) electrons. The molecule has 0 aliphatic heterocycles. The third-order valence-corrected chi connectivity index (χ3v) is 2.28. The highest BCUT2D eigenvalue weighted by Gasteiger charge is 2.19. The smallest absolute Gasteiger partial charge is 0.346 e. The van der Waals surface area contributed by atoms with Gasteiger partial charge in [0.15, 0.2) is 17.6 Å². The first kappa shape index (κ1) is 13.3. The van der Waals surface area contributed by atoms with Crippen LogP contribution in [0.25, 0.3) is 0 Å². The average Bonchev–Trinajstić information content (AvgIpc) is 2.37. The summed E-state index contributed by atoms with van der Waals surface area (Å²) >= 11 is 0. The van der Waals surface area contributed by atoms with Gasteiger partial charge < -0.3 is 19.3 Å². The van der Waals surface area contributed by atoms with Crippen molar-refractivity contribution in [2.75, 3.05) is 14.2 Å². The zero-order valence-corrected chi connectivity index (χ0v) is 10.1. The second kappa shape index (κ2) is 6.10. The molecule has 1 aromatic rings. The maximum absolute atomic E-state index is 11.3. The SMILES string of the molecule is COC(=O)C(C)Oc1c(CO)cccc1OC. The largest absolute Gasteiger partial charge is 0.493 e. The second-order valence-electron chi connectivity index (χ2n) is 3.39. The predicted molar refractivity (Wildman–Crippen MR) is 61.0 cm³/mol. The number of carbonyl (C=O) groups excluding carboxylic acids is 1. The molecular weight excluding hydrogens is 224 g/mol. The van der Waals surface area contributed by atoms with Crippen molar-refractivity contribution in [2.45, 2.75) is 19.6 Å². The van der Waals surface area contributed by atoms with Crippen molar-refractivity contribution >= 4 is 5.97 Å². The Morgan fingerprint density at radius 1 is 1.41 bits per heavy atom. The van der Waals surface area contributed by atoms with Gasteiger partial charge in [0.1, 0.15) is 0 Å². The minimum atomic E-state index is -0.762. The van der Waals surface area contributed by atoms with E-state index in [1.807, 2.05) is 0 Å². The lowest BCUT2D eigenvalue weighted by molar-refractivity contribution is -0.148. The van der Waals surface area contributed by atoms with E-state index in [1.165, 1.54) is 14.2 Å². The van der Waals surface area contributed by atoms with E-state index in [0.717, 1.165) is 0 Å². The lowest BCUT2D eigenvalue weighted by atomic mass is 10.2. The Hall–Kier alpha value is -1.75. The summed E-state index contributed by atoms with van der Waals surface area (Å²) < 4.78 is 15.1. The highest BCUT2D eigenvalue weighted by molar-refractivity contribution is 5.74. The molecule has 5 heteroatoms. The van der Waals surface area contributed by atoms with Crippen LogP contribution in [0.5, 0.6) is 11.5 Å². The fourth-order valence-electron chi connectivity index (χ4n) is 1.37. The number of esters is 1. The first-order chi connectivity index (χ1) is 8.13. The van der Waals surface area contributed by atoms with Gasteiger partial charge in [0.25, 0.3) is 0 Å². The van der Waals surface area contributed by atoms with Crippen LogP contribution in [0.4, 0.5) is 0 Å². The van der Waals surface area contributed by atoms with Gasteiger partial charge in [-0.1, -0.05) is 12.1 Å².